The summed E-state index contributed by atoms with van der Waals surface area (Å²) in [5.74, 6) is 0.371. The van der Waals surface area contributed by atoms with Gasteiger partial charge in [0.1, 0.15) is 11.4 Å². The SMILES string of the molecule is Oc1ccccc1C1CC(c2ccccc2)=NC2(CCCCC2)N1. The average molecular weight is 320 g/mol. The van der Waals surface area contributed by atoms with Crippen molar-refractivity contribution >= 4 is 5.71 Å². The van der Waals surface area contributed by atoms with Crippen molar-refractivity contribution in [3.05, 3.63) is 65.7 Å². The van der Waals surface area contributed by atoms with Crippen LogP contribution in [0.3, 0.4) is 0 Å². The number of benzene rings is 2. The smallest absolute Gasteiger partial charge is 0.120 e. The quantitative estimate of drug-likeness (QED) is 0.851. The summed E-state index contributed by atoms with van der Waals surface area (Å²) < 4.78 is 0. The summed E-state index contributed by atoms with van der Waals surface area (Å²) in [6.07, 6.45) is 6.68. The largest absolute Gasteiger partial charge is 0.508 e. The minimum absolute atomic E-state index is 0.108. The van der Waals surface area contributed by atoms with E-state index < -0.39 is 0 Å². The lowest BCUT2D eigenvalue weighted by molar-refractivity contribution is 0.206. The molecule has 124 valence electrons. The molecular formula is C21H24N2O. The van der Waals surface area contributed by atoms with Gasteiger partial charge in [-0.3, -0.25) is 10.3 Å². The molecule has 1 atom stereocenters. The summed E-state index contributed by atoms with van der Waals surface area (Å²) in [6.45, 7) is 0. The molecule has 2 aromatic rings. The summed E-state index contributed by atoms with van der Waals surface area (Å²) in [5, 5.41) is 14.1. The average Bonchev–Trinajstić information content (AvgIpc) is 2.63. The minimum Gasteiger partial charge on any atom is -0.508 e. The summed E-state index contributed by atoms with van der Waals surface area (Å²) in [7, 11) is 0. The van der Waals surface area contributed by atoms with Crippen LogP contribution < -0.4 is 5.32 Å². The van der Waals surface area contributed by atoms with Gasteiger partial charge in [0.25, 0.3) is 0 Å². The molecule has 1 aliphatic heterocycles. The zero-order valence-corrected chi connectivity index (χ0v) is 13.9. The molecule has 1 saturated carbocycles. The number of aromatic hydroxyl groups is 1. The van der Waals surface area contributed by atoms with E-state index in [1.165, 1.54) is 24.8 Å². The monoisotopic (exact) mass is 320 g/mol. The van der Waals surface area contributed by atoms with Crippen LogP contribution in [0.15, 0.2) is 59.6 Å². The second-order valence-electron chi connectivity index (χ2n) is 6.98. The van der Waals surface area contributed by atoms with Crippen LogP contribution in [0.25, 0.3) is 0 Å². The maximum Gasteiger partial charge on any atom is 0.120 e. The van der Waals surface area contributed by atoms with Gasteiger partial charge < -0.3 is 5.11 Å². The highest BCUT2D eigenvalue weighted by atomic mass is 16.3. The molecule has 0 aromatic heterocycles. The zero-order chi connectivity index (χ0) is 16.4. The van der Waals surface area contributed by atoms with Crippen molar-refractivity contribution in [1.29, 1.82) is 0 Å². The van der Waals surface area contributed by atoms with E-state index in [4.69, 9.17) is 4.99 Å². The van der Waals surface area contributed by atoms with Crippen molar-refractivity contribution in [2.24, 2.45) is 4.99 Å². The Morgan fingerprint density at radius 1 is 0.917 bits per heavy atom. The van der Waals surface area contributed by atoms with Crippen molar-refractivity contribution in [1.82, 2.24) is 5.32 Å². The van der Waals surface area contributed by atoms with E-state index in [9.17, 15) is 5.11 Å². The number of phenolic OH excluding ortho intramolecular Hbond substituents is 1. The molecule has 2 aliphatic rings. The van der Waals surface area contributed by atoms with Gasteiger partial charge in [-0.25, -0.2) is 0 Å². The molecule has 1 unspecified atom stereocenters. The molecule has 1 spiro atoms. The van der Waals surface area contributed by atoms with Gasteiger partial charge in [0, 0.05) is 23.7 Å². The number of hydrogen-bond donors (Lipinski definition) is 2. The number of rotatable bonds is 2. The second-order valence-corrected chi connectivity index (χ2v) is 6.98. The number of nitrogens with one attached hydrogen (secondary N) is 1. The van der Waals surface area contributed by atoms with E-state index in [2.05, 4.69) is 29.6 Å². The molecule has 1 heterocycles. The third-order valence-electron chi connectivity index (χ3n) is 5.29. The van der Waals surface area contributed by atoms with E-state index >= 15 is 0 Å². The molecule has 2 N–H and O–H groups in total. The summed E-state index contributed by atoms with van der Waals surface area (Å²) >= 11 is 0. The third-order valence-corrected chi connectivity index (χ3v) is 5.29. The second kappa shape index (κ2) is 6.40. The lowest BCUT2D eigenvalue weighted by Crippen LogP contribution is -2.51. The Balaban J connectivity index is 1.74. The van der Waals surface area contributed by atoms with E-state index in [0.29, 0.717) is 5.75 Å². The maximum atomic E-state index is 10.3. The first-order valence-corrected chi connectivity index (χ1v) is 8.96. The van der Waals surface area contributed by atoms with E-state index in [1.54, 1.807) is 6.07 Å². The standard InChI is InChI=1S/C21H24N2O/c24-20-12-6-5-11-17(20)19-15-18(16-9-3-1-4-10-16)22-21(23-19)13-7-2-8-14-21/h1,3-6,9-12,19,23-24H,2,7-8,13-15H2. The highest BCUT2D eigenvalue weighted by molar-refractivity contribution is 6.01. The van der Waals surface area contributed by atoms with Crippen LogP contribution in [0.1, 0.15) is 55.7 Å². The molecule has 0 saturated heterocycles. The summed E-state index contributed by atoms with van der Waals surface area (Å²) in [4.78, 5) is 5.17. The fourth-order valence-electron chi connectivity index (χ4n) is 4.08. The van der Waals surface area contributed by atoms with Gasteiger partial charge in [0.15, 0.2) is 0 Å². The van der Waals surface area contributed by atoms with Gasteiger partial charge in [-0.1, -0.05) is 55.0 Å². The highest BCUT2D eigenvalue weighted by Gasteiger charge is 2.38. The number of hydrogen-bond acceptors (Lipinski definition) is 3. The van der Waals surface area contributed by atoms with Gasteiger partial charge in [0.2, 0.25) is 0 Å². The molecule has 3 nitrogen and oxygen atoms in total. The molecule has 1 fully saturated rings. The zero-order valence-electron chi connectivity index (χ0n) is 13.9. The topological polar surface area (TPSA) is 44.6 Å². The molecule has 24 heavy (non-hydrogen) atoms. The molecular weight excluding hydrogens is 296 g/mol. The van der Waals surface area contributed by atoms with Crippen LogP contribution in [0.2, 0.25) is 0 Å². The van der Waals surface area contributed by atoms with Crippen LogP contribution in [-0.2, 0) is 0 Å². The Morgan fingerprint density at radius 3 is 2.38 bits per heavy atom. The van der Waals surface area contributed by atoms with Gasteiger partial charge in [-0.2, -0.15) is 0 Å². The number of nitrogens with zero attached hydrogens (tertiary/aromatic N) is 1. The van der Waals surface area contributed by atoms with Gasteiger partial charge >= 0.3 is 0 Å². The Labute approximate surface area is 143 Å². The highest BCUT2D eigenvalue weighted by Crippen LogP contribution is 2.39. The number of para-hydroxylation sites is 1. The van der Waals surface area contributed by atoms with Crippen LogP contribution >= 0.6 is 0 Å². The summed E-state index contributed by atoms with van der Waals surface area (Å²) in [5.41, 5.74) is 3.16. The normalized spacial score (nSPS) is 23.0. The van der Waals surface area contributed by atoms with Crippen molar-refractivity contribution < 1.29 is 5.11 Å². The fourth-order valence-corrected chi connectivity index (χ4v) is 4.08. The summed E-state index contributed by atoms with van der Waals surface area (Å²) in [6, 6.07) is 18.3. The fraction of sp³-hybridized carbons (Fsp3) is 0.381. The Kier molecular flexibility index (Phi) is 4.11. The molecule has 0 radical (unpaired) electrons. The molecule has 3 heteroatoms. The number of aliphatic imine (C=N–C) groups is 1. The maximum absolute atomic E-state index is 10.3. The van der Waals surface area contributed by atoms with E-state index in [1.807, 2.05) is 24.3 Å². The van der Waals surface area contributed by atoms with E-state index in [0.717, 1.165) is 30.5 Å². The van der Waals surface area contributed by atoms with Crippen molar-refractivity contribution in [3.63, 3.8) is 0 Å². The Morgan fingerprint density at radius 2 is 1.62 bits per heavy atom. The van der Waals surface area contributed by atoms with Gasteiger partial charge in [0.05, 0.1) is 0 Å². The van der Waals surface area contributed by atoms with Crippen molar-refractivity contribution in [2.45, 2.75) is 50.2 Å². The first-order valence-electron chi connectivity index (χ1n) is 8.96. The van der Waals surface area contributed by atoms with E-state index in [-0.39, 0.29) is 11.7 Å². The van der Waals surface area contributed by atoms with Crippen molar-refractivity contribution in [2.75, 3.05) is 0 Å². The molecule has 4 rings (SSSR count). The Bertz CT molecular complexity index is 733. The predicted octanol–water partition coefficient (Wildman–Crippen LogP) is 4.58. The molecule has 1 aliphatic carbocycles. The Hall–Kier alpha value is -2.13. The first kappa shape index (κ1) is 15.4. The van der Waals surface area contributed by atoms with Crippen LogP contribution in [0, 0.1) is 0 Å². The van der Waals surface area contributed by atoms with Crippen LogP contribution in [0.4, 0.5) is 0 Å². The van der Waals surface area contributed by atoms with Crippen LogP contribution in [-0.4, -0.2) is 16.5 Å². The minimum atomic E-state index is -0.172. The lowest BCUT2D eigenvalue weighted by Gasteiger charge is -2.42. The number of phenols is 1. The third kappa shape index (κ3) is 2.96. The molecule has 2 aromatic carbocycles. The predicted molar refractivity (Wildman–Crippen MR) is 97.4 cm³/mol. The van der Waals surface area contributed by atoms with Crippen LogP contribution in [0.5, 0.6) is 5.75 Å². The van der Waals surface area contributed by atoms with Gasteiger partial charge in [-0.05, 0) is 37.3 Å². The van der Waals surface area contributed by atoms with Crippen molar-refractivity contribution in [3.8, 4) is 5.75 Å². The molecule has 0 bridgehead atoms. The van der Waals surface area contributed by atoms with Gasteiger partial charge in [-0.15, -0.1) is 0 Å². The first-order chi connectivity index (χ1) is 11.8. The lowest BCUT2D eigenvalue weighted by atomic mass is 9.84. The molecule has 0 amide bonds.